The molecule has 0 fully saturated rings. The first-order valence-electron chi connectivity index (χ1n) is 8.79. The number of aliphatic imine (C=N–C) groups is 1. The molecule has 3 N–H and O–H groups in total. The number of guanidine groups is 1. The van der Waals surface area contributed by atoms with Crippen molar-refractivity contribution in [1.29, 1.82) is 0 Å². The molecule has 1 atom stereocenters. The summed E-state index contributed by atoms with van der Waals surface area (Å²) < 4.78 is 24.6. The van der Waals surface area contributed by atoms with E-state index in [1.807, 2.05) is 6.92 Å². The Morgan fingerprint density at radius 1 is 1.16 bits per heavy atom. The standard InChI is InChI=1S/C18H32N4O2S/c1-6-19-18(20-11-12-21-25(5,23)24)22-15(4)17-9-7-16(8-10-17)13-14(2)3/h7-10,14-15,21H,6,11-13H2,1-5H3,(H2,19,20,22). The molecule has 0 saturated carbocycles. The lowest BCUT2D eigenvalue weighted by Crippen LogP contribution is -2.39. The Kier molecular flexibility index (Phi) is 8.92. The summed E-state index contributed by atoms with van der Waals surface area (Å²) in [4.78, 5) is 4.41. The van der Waals surface area contributed by atoms with Crippen LogP contribution in [0.25, 0.3) is 0 Å². The van der Waals surface area contributed by atoms with Crippen molar-refractivity contribution in [3.63, 3.8) is 0 Å². The van der Waals surface area contributed by atoms with Gasteiger partial charge in [-0.05, 0) is 37.3 Å². The smallest absolute Gasteiger partial charge is 0.208 e. The van der Waals surface area contributed by atoms with Crippen LogP contribution in [-0.2, 0) is 16.4 Å². The van der Waals surface area contributed by atoms with E-state index in [1.165, 1.54) is 11.1 Å². The molecule has 0 aliphatic carbocycles. The fourth-order valence-electron chi connectivity index (χ4n) is 2.42. The van der Waals surface area contributed by atoms with Crippen molar-refractivity contribution in [2.75, 3.05) is 25.9 Å². The largest absolute Gasteiger partial charge is 0.357 e. The van der Waals surface area contributed by atoms with Crippen LogP contribution in [0.5, 0.6) is 0 Å². The Labute approximate surface area is 152 Å². The van der Waals surface area contributed by atoms with Gasteiger partial charge in [-0.3, -0.25) is 4.99 Å². The average molecular weight is 369 g/mol. The summed E-state index contributed by atoms with van der Waals surface area (Å²) in [7, 11) is -3.17. The van der Waals surface area contributed by atoms with Crippen molar-refractivity contribution >= 4 is 16.0 Å². The third-order valence-corrected chi connectivity index (χ3v) is 4.30. The Morgan fingerprint density at radius 2 is 1.80 bits per heavy atom. The molecular formula is C18H32N4O2S. The second-order valence-electron chi connectivity index (χ2n) is 6.63. The molecule has 0 aliphatic rings. The molecule has 0 saturated heterocycles. The first kappa shape index (κ1) is 21.4. The van der Waals surface area contributed by atoms with Crippen LogP contribution in [0, 0.1) is 5.92 Å². The van der Waals surface area contributed by atoms with E-state index in [9.17, 15) is 8.42 Å². The monoisotopic (exact) mass is 368 g/mol. The van der Waals surface area contributed by atoms with Crippen LogP contribution in [0.1, 0.15) is 44.9 Å². The molecule has 0 radical (unpaired) electrons. The predicted molar refractivity (Wildman–Crippen MR) is 105 cm³/mol. The third-order valence-electron chi connectivity index (χ3n) is 3.57. The molecule has 1 rings (SSSR count). The summed E-state index contributed by atoms with van der Waals surface area (Å²) in [5, 5.41) is 6.53. The molecule has 0 aliphatic heterocycles. The van der Waals surface area contributed by atoms with Crippen LogP contribution in [-0.4, -0.2) is 40.3 Å². The molecule has 7 heteroatoms. The summed E-state index contributed by atoms with van der Waals surface area (Å²) in [6.07, 6.45) is 2.23. The lowest BCUT2D eigenvalue weighted by molar-refractivity contribution is 0.588. The number of benzene rings is 1. The zero-order valence-electron chi connectivity index (χ0n) is 16.0. The van der Waals surface area contributed by atoms with Crippen molar-refractivity contribution < 1.29 is 8.42 Å². The molecule has 0 amide bonds. The van der Waals surface area contributed by atoms with Gasteiger partial charge in [-0.25, -0.2) is 13.1 Å². The second-order valence-corrected chi connectivity index (χ2v) is 8.47. The lowest BCUT2D eigenvalue weighted by Gasteiger charge is -2.18. The summed E-state index contributed by atoms with van der Waals surface area (Å²) in [6, 6.07) is 8.74. The number of nitrogens with zero attached hydrogens (tertiary/aromatic N) is 1. The van der Waals surface area contributed by atoms with E-state index in [2.05, 4.69) is 65.4 Å². The summed E-state index contributed by atoms with van der Waals surface area (Å²) >= 11 is 0. The number of rotatable bonds is 9. The van der Waals surface area contributed by atoms with Crippen LogP contribution in [0.15, 0.2) is 29.3 Å². The van der Waals surface area contributed by atoms with Crippen LogP contribution < -0.4 is 15.4 Å². The van der Waals surface area contributed by atoms with Gasteiger partial charge in [-0.15, -0.1) is 0 Å². The Morgan fingerprint density at radius 3 is 2.32 bits per heavy atom. The van der Waals surface area contributed by atoms with E-state index in [0.717, 1.165) is 19.2 Å². The van der Waals surface area contributed by atoms with Gasteiger partial charge in [0.25, 0.3) is 0 Å². The first-order chi connectivity index (χ1) is 11.7. The van der Waals surface area contributed by atoms with Crippen molar-refractivity contribution in [2.45, 2.75) is 40.2 Å². The van der Waals surface area contributed by atoms with Crippen molar-refractivity contribution in [1.82, 2.24) is 15.4 Å². The molecule has 25 heavy (non-hydrogen) atoms. The topological polar surface area (TPSA) is 82.6 Å². The van der Waals surface area contributed by atoms with Gasteiger partial charge in [0.15, 0.2) is 5.96 Å². The summed E-state index contributed by atoms with van der Waals surface area (Å²) in [5.74, 6) is 1.32. The minimum absolute atomic E-state index is 0.105. The number of hydrogen-bond donors (Lipinski definition) is 3. The molecule has 0 bridgehead atoms. The highest BCUT2D eigenvalue weighted by atomic mass is 32.2. The van der Waals surface area contributed by atoms with Gasteiger partial charge in [0, 0.05) is 13.1 Å². The van der Waals surface area contributed by atoms with E-state index in [-0.39, 0.29) is 12.6 Å². The van der Waals surface area contributed by atoms with Gasteiger partial charge >= 0.3 is 0 Å². The van der Waals surface area contributed by atoms with E-state index in [1.54, 1.807) is 0 Å². The molecule has 0 spiro atoms. The highest BCUT2D eigenvalue weighted by Crippen LogP contribution is 2.15. The summed E-state index contributed by atoms with van der Waals surface area (Å²) in [5.41, 5.74) is 2.53. The molecule has 142 valence electrons. The lowest BCUT2D eigenvalue weighted by atomic mass is 10.00. The quantitative estimate of drug-likeness (QED) is 0.354. The molecule has 0 aromatic heterocycles. The Hall–Kier alpha value is -1.60. The fourth-order valence-corrected chi connectivity index (χ4v) is 2.88. The van der Waals surface area contributed by atoms with Crippen LogP contribution in [0.4, 0.5) is 0 Å². The molecule has 0 heterocycles. The molecule has 1 unspecified atom stereocenters. The molecular weight excluding hydrogens is 336 g/mol. The van der Waals surface area contributed by atoms with Gasteiger partial charge < -0.3 is 10.6 Å². The first-order valence-corrected chi connectivity index (χ1v) is 10.7. The van der Waals surface area contributed by atoms with Gasteiger partial charge in [-0.2, -0.15) is 0 Å². The highest BCUT2D eigenvalue weighted by molar-refractivity contribution is 7.88. The minimum Gasteiger partial charge on any atom is -0.357 e. The zero-order chi connectivity index (χ0) is 18.9. The molecule has 1 aromatic rings. The van der Waals surface area contributed by atoms with Gasteiger partial charge in [0.05, 0.1) is 18.8 Å². The van der Waals surface area contributed by atoms with Gasteiger partial charge in [0.2, 0.25) is 10.0 Å². The number of hydrogen-bond acceptors (Lipinski definition) is 3. The van der Waals surface area contributed by atoms with Crippen LogP contribution in [0.2, 0.25) is 0 Å². The van der Waals surface area contributed by atoms with Crippen molar-refractivity contribution in [2.24, 2.45) is 10.9 Å². The third kappa shape index (κ3) is 9.45. The van der Waals surface area contributed by atoms with Crippen molar-refractivity contribution in [3.05, 3.63) is 35.4 Å². The normalized spacial score (nSPS) is 13.8. The van der Waals surface area contributed by atoms with E-state index >= 15 is 0 Å². The van der Waals surface area contributed by atoms with Crippen LogP contribution >= 0.6 is 0 Å². The highest BCUT2D eigenvalue weighted by Gasteiger charge is 2.08. The average Bonchev–Trinajstić information content (AvgIpc) is 2.50. The Bertz CT molecular complexity index is 640. The zero-order valence-corrected chi connectivity index (χ0v) is 16.8. The summed E-state index contributed by atoms with van der Waals surface area (Å²) in [6.45, 7) is 9.92. The van der Waals surface area contributed by atoms with Gasteiger partial charge in [-0.1, -0.05) is 38.1 Å². The maximum atomic E-state index is 11.1. The maximum absolute atomic E-state index is 11.1. The predicted octanol–water partition coefficient (Wildman–Crippen LogP) is 2.05. The number of nitrogens with one attached hydrogen (secondary N) is 3. The fraction of sp³-hybridized carbons (Fsp3) is 0.611. The maximum Gasteiger partial charge on any atom is 0.208 e. The number of sulfonamides is 1. The minimum atomic E-state index is -3.17. The molecule has 6 nitrogen and oxygen atoms in total. The second kappa shape index (κ2) is 10.4. The SMILES string of the molecule is CCNC(=NCCNS(C)(=O)=O)NC(C)c1ccc(CC(C)C)cc1. The van der Waals surface area contributed by atoms with E-state index < -0.39 is 10.0 Å². The Balaban J connectivity index is 2.63. The van der Waals surface area contributed by atoms with E-state index in [0.29, 0.717) is 18.4 Å². The van der Waals surface area contributed by atoms with Crippen molar-refractivity contribution in [3.8, 4) is 0 Å². The van der Waals surface area contributed by atoms with Crippen LogP contribution in [0.3, 0.4) is 0 Å². The van der Waals surface area contributed by atoms with Gasteiger partial charge in [0.1, 0.15) is 0 Å². The van der Waals surface area contributed by atoms with E-state index in [4.69, 9.17) is 0 Å². The molecule has 1 aromatic carbocycles.